The Morgan fingerprint density at radius 1 is 0.581 bits per heavy atom. The van der Waals surface area contributed by atoms with Crippen LogP contribution in [0.5, 0.6) is 0 Å². The first-order valence-electron chi connectivity index (χ1n) is 8.37. The zero-order chi connectivity index (χ0) is 24.6. The zero-order valence-corrected chi connectivity index (χ0v) is 15.3. The lowest BCUT2D eigenvalue weighted by Gasteiger charge is -2.40. The standard InChI is InChI=1S/C16H13F14N/c1-2-3-4-5-6-31(12-10(20)8(18)7(17)9(19)11(12)21)16(29,30)14(24,25)13(22,23)15(26,27)28/h2-6H2,1H3. The Hall–Kier alpha value is -1.96. The zero-order valence-electron chi connectivity index (χ0n) is 15.3. The largest absolute Gasteiger partial charge is 0.460 e. The van der Waals surface area contributed by atoms with E-state index in [1.54, 1.807) is 6.92 Å². The quantitative estimate of drug-likeness (QED) is 0.118. The van der Waals surface area contributed by atoms with Crippen molar-refractivity contribution in [3.05, 3.63) is 29.1 Å². The van der Waals surface area contributed by atoms with Crippen molar-refractivity contribution in [3.8, 4) is 0 Å². The van der Waals surface area contributed by atoms with Crippen LogP contribution in [-0.4, -0.2) is 30.6 Å². The summed E-state index contributed by atoms with van der Waals surface area (Å²) in [5.74, 6) is -29.7. The summed E-state index contributed by atoms with van der Waals surface area (Å²) >= 11 is 0. The van der Waals surface area contributed by atoms with Gasteiger partial charge >= 0.3 is 24.1 Å². The van der Waals surface area contributed by atoms with Crippen molar-refractivity contribution < 1.29 is 61.5 Å². The van der Waals surface area contributed by atoms with E-state index >= 15 is 0 Å². The molecule has 15 heteroatoms. The molecule has 180 valence electrons. The lowest BCUT2D eigenvalue weighted by molar-refractivity contribution is -0.395. The van der Waals surface area contributed by atoms with E-state index in [1.165, 1.54) is 0 Å². The average Bonchev–Trinajstić information content (AvgIpc) is 2.65. The normalized spacial score (nSPS) is 13.6. The van der Waals surface area contributed by atoms with Crippen molar-refractivity contribution in [2.75, 3.05) is 11.4 Å². The van der Waals surface area contributed by atoms with Crippen LogP contribution in [0.2, 0.25) is 0 Å². The van der Waals surface area contributed by atoms with E-state index in [9.17, 15) is 61.5 Å². The molecule has 1 aromatic carbocycles. The van der Waals surface area contributed by atoms with Gasteiger partial charge in [0.1, 0.15) is 5.69 Å². The molecule has 1 aromatic rings. The maximum absolute atomic E-state index is 14.3. The van der Waals surface area contributed by atoms with Gasteiger partial charge in [0.2, 0.25) is 5.82 Å². The highest BCUT2D eigenvalue weighted by atomic mass is 19.4. The molecule has 0 saturated heterocycles. The first-order valence-corrected chi connectivity index (χ1v) is 8.37. The molecule has 0 fully saturated rings. The molecule has 31 heavy (non-hydrogen) atoms. The van der Waals surface area contributed by atoms with Crippen molar-refractivity contribution in [1.82, 2.24) is 0 Å². The smallest absolute Gasteiger partial charge is 0.303 e. The first-order chi connectivity index (χ1) is 13.9. The minimum atomic E-state index is -7.44. The summed E-state index contributed by atoms with van der Waals surface area (Å²) in [5.41, 5.74) is -2.77. The third-order valence-electron chi connectivity index (χ3n) is 4.16. The molecule has 1 nitrogen and oxygen atoms in total. The molecule has 0 bridgehead atoms. The Labute approximate surface area is 165 Å². The van der Waals surface area contributed by atoms with E-state index in [1.807, 2.05) is 0 Å². The second kappa shape index (κ2) is 8.88. The number of benzene rings is 1. The molecule has 0 heterocycles. The number of anilines is 1. The molecule has 0 aliphatic heterocycles. The summed E-state index contributed by atoms with van der Waals surface area (Å²) in [6, 6.07) is -6.74. The number of halogens is 14. The third kappa shape index (κ3) is 4.49. The first kappa shape index (κ1) is 27.1. The molecule has 0 N–H and O–H groups in total. The number of unbranched alkanes of at least 4 members (excludes halogenated alkanes) is 3. The van der Waals surface area contributed by atoms with Crippen LogP contribution in [-0.2, 0) is 0 Å². The Kier molecular flexibility index (Phi) is 7.76. The average molecular weight is 485 g/mol. The van der Waals surface area contributed by atoms with Crippen molar-refractivity contribution in [3.63, 3.8) is 0 Å². The molecule has 0 amide bonds. The van der Waals surface area contributed by atoms with E-state index in [4.69, 9.17) is 0 Å². The van der Waals surface area contributed by atoms with Crippen LogP contribution < -0.4 is 4.90 Å². The van der Waals surface area contributed by atoms with Gasteiger partial charge < -0.3 is 4.90 Å². The van der Waals surface area contributed by atoms with Gasteiger partial charge in [-0.05, 0) is 6.42 Å². The number of nitrogens with zero attached hydrogens (tertiary/aromatic N) is 1. The van der Waals surface area contributed by atoms with E-state index in [0.29, 0.717) is 6.42 Å². The fraction of sp³-hybridized carbons (Fsp3) is 0.625. The SMILES string of the molecule is CCCCCCN(c1c(F)c(F)c(F)c(F)c1F)C(F)(F)C(F)(F)C(F)(F)C(F)(F)F. The monoisotopic (exact) mass is 485 g/mol. The predicted molar refractivity (Wildman–Crippen MR) is 78.6 cm³/mol. The number of rotatable bonds is 9. The number of alkyl halides is 9. The summed E-state index contributed by atoms with van der Waals surface area (Å²) in [6.07, 6.45) is -7.65. The summed E-state index contributed by atoms with van der Waals surface area (Å²) in [7, 11) is 0. The molecule has 0 spiro atoms. The highest BCUT2D eigenvalue weighted by Gasteiger charge is 2.83. The molecule has 1 rings (SSSR count). The predicted octanol–water partition coefficient (Wildman–Crippen LogP) is 7.19. The lowest BCUT2D eigenvalue weighted by Crippen LogP contribution is -2.67. The summed E-state index contributed by atoms with van der Waals surface area (Å²) in [4.78, 5) is -1.65. The summed E-state index contributed by atoms with van der Waals surface area (Å²) in [5, 5.41) is 0. The van der Waals surface area contributed by atoms with Crippen LogP contribution in [0.25, 0.3) is 0 Å². The Morgan fingerprint density at radius 3 is 1.39 bits per heavy atom. The molecule has 0 atom stereocenters. The summed E-state index contributed by atoms with van der Waals surface area (Å²) < 4.78 is 187. The Morgan fingerprint density at radius 2 is 1.00 bits per heavy atom. The number of hydrogen-bond donors (Lipinski definition) is 0. The lowest BCUT2D eigenvalue weighted by atomic mass is 10.1. The number of hydrogen-bond acceptors (Lipinski definition) is 1. The Balaban J connectivity index is 3.75. The highest BCUT2D eigenvalue weighted by Crippen LogP contribution is 2.55. The minimum Gasteiger partial charge on any atom is -0.303 e. The molecule has 0 radical (unpaired) electrons. The molecular weight excluding hydrogens is 472 g/mol. The van der Waals surface area contributed by atoms with E-state index < -0.39 is 76.7 Å². The van der Waals surface area contributed by atoms with Gasteiger partial charge in [-0.15, -0.1) is 0 Å². The van der Waals surface area contributed by atoms with Gasteiger partial charge in [-0.2, -0.15) is 39.5 Å². The maximum atomic E-state index is 14.3. The van der Waals surface area contributed by atoms with Crippen molar-refractivity contribution in [1.29, 1.82) is 0 Å². The van der Waals surface area contributed by atoms with Crippen molar-refractivity contribution in [2.24, 2.45) is 0 Å². The van der Waals surface area contributed by atoms with Gasteiger partial charge in [-0.3, -0.25) is 0 Å². The van der Waals surface area contributed by atoms with E-state index in [-0.39, 0.29) is 12.8 Å². The fourth-order valence-corrected chi connectivity index (χ4v) is 2.46. The molecular formula is C16H13F14N. The van der Waals surface area contributed by atoms with Gasteiger partial charge in [0, 0.05) is 6.54 Å². The summed E-state index contributed by atoms with van der Waals surface area (Å²) in [6.45, 7) is -0.191. The highest BCUT2D eigenvalue weighted by molar-refractivity contribution is 5.52. The molecule has 0 saturated carbocycles. The van der Waals surface area contributed by atoms with Crippen LogP contribution >= 0.6 is 0 Å². The van der Waals surface area contributed by atoms with Crippen LogP contribution in [0.4, 0.5) is 67.2 Å². The molecule has 0 aliphatic rings. The second-order valence-electron chi connectivity index (χ2n) is 6.32. The van der Waals surface area contributed by atoms with E-state index in [2.05, 4.69) is 0 Å². The van der Waals surface area contributed by atoms with Gasteiger partial charge in [0.15, 0.2) is 23.3 Å². The van der Waals surface area contributed by atoms with Crippen molar-refractivity contribution >= 4 is 5.69 Å². The molecule has 0 unspecified atom stereocenters. The molecule has 0 aliphatic carbocycles. The van der Waals surface area contributed by atoms with Crippen molar-refractivity contribution in [2.45, 2.75) is 56.7 Å². The second-order valence-corrected chi connectivity index (χ2v) is 6.32. The van der Waals surface area contributed by atoms with Crippen LogP contribution in [0.1, 0.15) is 32.6 Å². The van der Waals surface area contributed by atoms with Gasteiger partial charge in [0.25, 0.3) is 0 Å². The molecule has 0 aromatic heterocycles. The van der Waals surface area contributed by atoms with Crippen LogP contribution in [0.15, 0.2) is 0 Å². The van der Waals surface area contributed by atoms with Gasteiger partial charge in [-0.1, -0.05) is 26.2 Å². The topological polar surface area (TPSA) is 3.24 Å². The third-order valence-corrected chi connectivity index (χ3v) is 4.16. The Bertz CT molecular complexity index is 756. The van der Waals surface area contributed by atoms with Crippen LogP contribution in [0.3, 0.4) is 0 Å². The van der Waals surface area contributed by atoms with Gasteiger partial charge in [0.05, 0.1) is 0 Å². The van der Waals surface area contributed by atoms with Gasteiger partial charge in [-0.25, -0.2) is 22.0 Å². The van der Waals surface area contributed by atoms with Crippen LogP contribution in [0, 0.1) is 29.1 Å². The van der Waals surface area contributed by atoms with E-state index in [0.717, 1.165) is 0 Å². The maximum Gasteiger partial charge on any atom is 0.460 e. The fourth-order valence-electron chi connectivity index (χ4n) is 2.46. The minimum absolute atomic E-state index is 0.172.